The van der Waals surface area contributed by atoms with Crippen LogP contribution < -0.4 is 0 Å². The monoisotopic (exact) mass is 703 g/mol. The second kappa shape index (κ2) is 14.3. The summed E-state index contributed by atoms with van der Waals surface area (Å²) in [6, 6.07) is 0. The normalized spacial score (nSPS) is 49.1. The van der Waals surface area contributed by atoms with Crippen molar-refractivity contribution < 1.29 is 15.0 Å². The zero-order valence-corrected chi connectivity index (χ0v) is 34.3. The molecular formula is C48H78O3. The Balaban J connectivity index is 0.000000162. The number of hydrogen-bond acceptors (Lipinski definition) is 3. The van der Waals surface area contributed by atoms with Crippen LogP contribution in [0.2, 0.25) is 0 Å². The Morgan fingerprint density at radius 1 is 0.667 bits per heavy atom. The SMILES string of the molecule is CC(=O)[C@H]1CC[C@H]2[C@@H]3CC=C4C[C@@H](O)CC[C@]4(C)[C@H]3CC[C@]12C.CC(C)CCC[C@@H](C)[C@H]1CC[C@H]2[C@@H]3CC=C4C[C@@H](O)CC[C@]4(C)[C@H]3CC[C@]12C. The molecule has 0 radical (unpaired) electrons. The number of allylic oxidation sites excluding steroid dienone is 2. The Kier molecular flexibility index (Phi) is 10.7. The molecule has 8 aliphatic carbocycles. The number of rotatable bonds is 6. The van der Waals surface area contributed by atoms with Crippen molar-refractivity contribution in [2.75, 3.05) is 0 Å². The molecule has 51 heavy (non-hydrogen) atoms. The fraction of sp³-hybridized carbons (Fsp3) is 0.896. The highest BCUT2D eigenvalue weighted by molar-refractivity contribution is 5.79. The molecule has 2 N–H and O–H groups in total. The number of carbonyl (C=O) groups excluding carboxylic acids is 1. The lowest BCUT2D eigenvalue weighted by atomic mass is 9.47. The highest BCUT2D eigenvalue weighted by Gasteiger charge is 2.60. The van der Waals surface area contributed by atoms with Crippen LogP contribution >= 0.6 is 0 Å². The van der Waals surface area contributed by atoms with Gasteiger partial charge in [-0.1, -0.05) is 91.0 Å². The van der Waals surface area contributed by atoms with Crippen LogP contribution in [0.1, 0.15) is 177 Å². The van der Waals surface area contributed by atoms with Crippen molar-refractivity contribution in [2.24, 2.45) is 80.8 Å². The molecule has 0 aromatic heterocycles. The van der Waals surface area contributed by atoms with Gasteiger partial charge in [-0.3, -0.25) is 4.79 Å². The standard InChI is InChI=1S/C27H46O.C21H32O2/c1-18(2)7-6-8-19(3)23-11-12-24-22-10-9-20-17-21(28)13-15-26(20,4)25(22)14-16-27(23,24)5;1-13(22)17-6-7-18-16-5-4-14-12-15(23)8-10-20(14,2)19(16)9-11-21(17,18)3/h9,18-19,21-25,28H,6-8,10-17H2,1-5H3;4,15-19,23H,5-12H2,1-3H3/t19-,21+,22+,23-,24+,25+,26+,27-;15-,16-,17+,18-,19-,20-,21+/m10/s1. The smallest absolute Gasteiger partial charge is 0.133 e. The van der Waals surface area contributed by atoms with Crippen LogP contribution in [-0.4, -0.2) is 28.2 Å². The molecule has 3 heteroatoms. The van der Waals surface area contributed by atoms with Crippen LogP contribution in [0.15, 0.2) is 23.3 Å². The Hall–Kier alpha value is -0.930. The molecule has 0 bridgehead atoms. The maximum Gasteiger partial charge on any atom is 0.133 e. The molecule has 8 aliphatic rings. The molecule has 15 atom stereocenters. The minimum atomic E-state index is -0.117. The van der Waals surface area contributed by atoms with Gasteiger partial charge < -0.3 is 10.2 Å². The van der Waals surface area contributed by atoms with Crippen LogP contribution in [0.25, 0.3) is 0 Å². The van der Waals surface area contributed by atoms with E-state index in [1.54, 1.807) is 11.1 Å². The molecule has 0 amide bonds. The molecule has 0 aromatic rings. The van der Waals surface area contributed by atoms with E-state index >= 15 is 0 Å². The van der Waals surface area contributed by atoms with E-state index in [0.717, 1.165) is 91.8 Å². The Morgan fingerprint density at radius 3 is 1.71 bits per heavy atom. The van der Waals surface area contributed by atoms with Crippen molar-refractivity contribution in [2.45, 2.75) is 190 Å². The van der Waals surface area contributed by atoms with Crippen molar-refractivity contribution in [3.8, 4) is 0 Å². The third-order valence-corrected chi connectivity index (χ3v) is 18.8. The van der Waals surface area contributed by atoms with E-state index < -0.39 is 0 Å². The zero-order valence-electron chi connectivity index (χ0n) is 34.3. The van der Waals surface area contributed by atoms with Gasteiger partial charge >= 0.3 is 0 Å². The molecule has 288 valence electrons. The molecule has 6 fully saturated rings. The average molecular weight is 703 g/mol. The molecule has 0 heterocycles. The average Bonchev–Trinajstić information content (AvgIpc) is 3.62. The predicted molar refractivity (Wildman–Crippen MR) is 211 cm³/mol. The predicted octanol–water partition coefficient (Wildman–Crippen LogP) is 11.9. The van der Waals surface area contributed by atoms with Gasteiger partial charge in [0.05, 0.1) is 12.2 Å². The van der Waals surface area contributed by atoms with Gasteiger partial charge in [0.2, 0.25) is 0 Å². The van der Waals surface area contributed by atoms with E-state index in [0.29, 0.717) is 27.9 Å². The summed E-state index contributed by atoms with van der Waals surface area (Å²) in [7, 11) is 0. The molecule has 3 nitrogen and oxygen atoms in total. The molecule has 0 unspecified atom stereocenters. The highest BCUT2D eigenvalue weighted by Crippen LogP contribution is 2.68. The molecular weight excluding hydrogens is 625 g/mol. The first-order valence-electron chi connectivity index (χ1n) is 22.4. The van der Waals surface area contributed by atoms with E-state index in [9.17, 15) is 15.0 Å². The van der Waals surface area contributed by atoms with Crippen molar-refractivity contribution in [3.63, 3.8) is 0 Å². The number of aliphatic hydroxyl groups is 2. The van der Waals surface area contributed by atoms with Gasteiger partial charge in [-0.2, -0.15) is 0 Å². The Bertz CT molecular complexity index is 1340. The van der Waals surface area contributed by atoms with E-state index in [2.05, 4.69) is 60.6 Å². The fourth-order valence-electron chi connectivity index (χ4n) is 16.0. The van der Waals surface area contributed by atoms with Crippen LogP contribution in [0.5, 0.6) is 0 Å². The third kappa shape index (κ3) is 6.53. The van der Waals surface area contributed by atoms with Crippen molar-refractivity contribution >= 4 is 5.78 Å². The summed E-state index contributed by atoms with van der Waals surface area (Å²) < 4.78 is 0. The lowest BCUT2D eigenvalue weighted by Crippen LogP contribution is -2.50. The lowest BCUT2D eigenvalue weighted by molar-refractivity contribution is -0.127. The summed E-state index contributed by atoms with van der Waals surface area (Å²) in [5.74, 6) is 8.46. The number of carbonyl (C=O) groups is 1. The molecule has 0 saturated heterocycles. The third-order valence-electron chi connectivity index (χ3n) is 18.8. The number of fused-ring (bicyclic) bond motifs is 10. The maximum absolute atomic E-state index is 12.2. The summed E-state index contributed by atoms with van der Waals surface area (Å²) in [4.78, 5) is 12.2. The van der Waals surface area contributed by atoms with Gasteiger partial charge in [0.15, 0.2) is 0 Å². The van der Waals surface area contributed by atoms with Gasteiger partial charge in [-0.15, -0.1) is 0 Å². The summed E-state index contributed by atoms with van der Waals surface area (Å²) in [6.45, 7) is 19.3. The van der Waals surface area contributed by atoms with Gasteiger partial charge in [-0.05, 0) is 185 Å². The van der Waals surface area contributed by atoms with E-state index in [4.69, 9.17) is 0 Å². The second-order valence-electron chi connectivity index (χ2n) is 21.6. The van der Waals surface area contributed by atoms with Crippen LogP contribution in [0.3, 0.4) is 0 Å². The Labute approximate surface area is 313 Å². The van der Waals surface area contributed by atoms with Gasteiger partial charge in [-0.25, -0.2) is 0 Å². The number of Topliss-reactive ketones (excluding diaryl/α,β-unsaturated/α-hetero) is 1. The van der Waals surface area contributed by atoms with Gasteiger partial charge in [0.1, 0.15) is 5.78 Å². The first kappa shape index (κ1) is 38.3. The van der Waals surface area contributed by atoms with E-state index in [-0.39, 0.29) is 17.6 Å². The molecule has 0 spiro atoms. The zero-order chi connectivity index (χ0) is 36.5. The van der Waals surface area contributed by atoms with Gasteiger partial charge in [0.25, 0.3) is 0 Å². The summed E-state index contributed by atoms with van der Waals surface area (Å²) >= 11 is 0. The quantitative estimate of drug-likeness (QED) is 0.271. The minimum absolute atomic E-state index is 0.0766. The first-order valence-corrected chi connectivity index (χ1v) is 22.4. The summed E-state index contributed by atoms with van der Waals surface area (Å²) in [5.41, 5.74) is 4.72. The first-order chi connectivity index (χ1) is 24.1. The molecule has 0 aromatic carbocycles. The second-order valence-corrected chi connectivity index (χ2v) is 21.6. The number of ketones is 1. The van der Waals surface area contributed by atoms with Crippen LogP contribution in [0, 0.1) is 80.8 Å². The number of aliphatic hydroxyl groups excluding tert-OH is 2. The molecule has 0 aliphatic heterocycles. The highest BCUT2D eigenvalue weighted by atomic mass is 16.3. The van der Waals surface area contributed by atoms with Crippen LogP contribution in [-0.2, 0) is 4.79 Å². The van der Waals surface area contributed by atoms with Gasteiger partial charge in [0, 0.05) is 5.92 Å². The minimum Gasteiger partial charge on any atom is -0.393 e. The maximum atomic E-state index is 12.2. The summed E-state index contributed by atoms with van der Waals surface area (Å²) in [5, 5.41) is 20.3. The molecule has 8 rings (SSSR count). The lowest BCUT2D eigenvalue weighted by Gasteiger charge is -2.58. The van der Waals surface area contributed by atoms with Crippen molar-refractivity contribution in [1.29, 1.82) is 0 Å². The Morgan fingerprint density at radius 2 is 1.18 bits per heavy atom. The van der Waals surface area contributed by atoms with E-state index in [1.807, 2.05) is 6.92 Å². The van der Waals surface area contributed by atoms with E-state index in [1.165, 1.54) is 83.5 Å². The fourth-order valence-corrected chi connectivity index (χ4v) is 16.0. The van der Waals surface area contributed by atoms with Crippen molar-refractivity contribution in [3.05, 3.63) is 23.3 Å². The molecule has 6 saturated carbocycles. The number of hydrogen-bond donors (Lipinski definition) is 2. The largest absolute Gasteiger partial charge is 0.393 e. The topological polar surface area (TPSA) is 57.5 Å². The van der Waals surface area contributed by atoms with Crippen molar-refractivity contribution in [1.82, 2.24) is 0 Å². The van der Waals surface area contributed by atoms with Crippen LogP contribution in [0.4, 0.5) is 0 Å². The summed E-state index contributed by atoms with van der Waals surface area (Å²) in [6.07, 6.45) is 28.6.